The predicted molar refractivity (Wildman–Crippen MR) is 67.9 cm³/mol. The Morgan fingerprint density at radius 1 is 1.12 bits per heavy atom. The number of ether oxygens (including phenoxy) is 1. The van der Waals surface area contributed by atoms with Gasteiger partial charge in [-0.3, -0.25) is 0 Å². The lowest BCUT2D eigenvalue weighted by Gasteiger charge is -2.33. The van der Waals surface area contributed by atoms with E-state index in [2.05, 4.69) is 5.32 Å². The minimum absolute atomic E-state index is 0.147. The molecule has 1 saturated carbocycles. The number of sulfone groups is 1. The molecule has 1 saturated heterocycles. The van der Waals surface area contributed by atoms with Gasteiger partial charge in [0, 0.05) is 12.8 Å². The van der Waals surface area contributed by atoms with Crippen LogP contribution in [0.3, 0.4) is 0 Å². The monoisotopic (exact) mass is 261 g/mol. The number of hydrogen-bond donors (Lipinski definition) is 1. The van der Waals surface area contributed by atoms with Gasteiger partial charge in [0.25, 0.3) is 0 Å². The first-order valence-corrected chi connectivity index (χ1v) is 8.56. The highest BCUT2D eigenvalue weighted by molar-refractivity contribution is 7.91. The molecule has 100 valence electrons. The number of nitrogens with one attached hydrogen (secondary N) is 1. The topological polar surface area (TPSA) is 55.4 Å². The molecule has 0 bridgehead atoms. The Morgan fingerprint density at radius 2 is 1.88 bits per heavy atom. The van der Waals surface area contributed by atoms with E-state index in [0.29, 0.717) is 6.42 Å². The first kappa shape index (κ1) is 13.3. The van der Waals surface area contributed by atoms with Crippen molar-refractivity contribution in [1.82, 2.24) is 5.32 Å². The Labute approximate surface area is 104 Å². The van der Waals surface area contributed by atoms with Gasteiger partial charge >= 0.3 is 0 Å². The van der Waals surface area contributed by atoms with Gasteiger partial charge in [0.2, 0.25) is 0 Å². The minimum Gasteiger partial charge on any atom is -0.374 e. The van der Waals surface area contributed by atoms with Crippen molar-refractivity contribution in [2.24, 2.45) is 0 Å². The Bertz CT molecular complexity index is 336. The highest BCUT2D eigenvalue weighted by Crippen LogP contribution is 2.27. The molecule has 0 aromatic heterocycles. The molecule has 1 N–H and O–H groups in total. The van der Waals surface area contributed by atoms with Crippen LogP contribution in [0.25, 0.3) is 0 Å². The van der Waals surface area contributed by atoms with Gasteiger partial charge in [-0.05, 0) is 45.1 Å². The third-order valence-corrected chi connectivity index (χ3v) is 5.46. The van der Waals surface area contributed by atoms with Crippen molar-refractivity contribution in [3.8, 4) is 0 Å². The van der Waals surface area contributed by atoms with E-state index in [-0.39, 0.29) is 17.5 Å². The second-order valence-electron chi connectivity index (χ2n) is 5.34. The molecular formula is C12H23NO3S. The highest BCUT2D eigenvalue weighted by atomic mass is 32.2. The predicted octanol–water partition coefficient (Wildman–Crippen LogP) is 1.11. The van der Waals surface area contributed by atoms with Crippen LogP contribution in [0.4, 0.5) is 0 Å². The molecule has 0 radical (unpaired) electrons. The number of rotatable bonds is 3. The largest absolute Gasteiger partial charge is 0.374 e. The van der Waals surface area contributed by atoms with Crippen LogP contribution in [0.5, 0.6) is 0 Å². The molecule has 0 amide bonds. The van der Waals surface area contributed by atoms with E-state index in [9.17, 15) is 8.42 Å². The molecule has 2 rings (SSSR count). The van der Waals surface area contributed by atoms with Crippen molar-refractivity contribution in [2.45, 2.75) is 56.0 Å². The summed E-state index contributed by atoms with van der Waals surface area (Å²) in [4.78, 5) is 0. The summed E-state index contributed by atoms with van der Waals surface area (Å²) >= 11 is 0. The Hall–Kier alpha value is -0.130. The summed E-state index contributed by atoms with van der Waals surface area (Å²) in [6.07, 6.45) is 7.53. The second-order valence-corrected chi connectivity index (χ2v) is 7.67. The maximum Gasteiger partial charge on any atom is 0.150 e. The fraction of sp³-hybridized carbons (Fsp3) is 1.00. The van der Waals surface area contributed by atoms with Crippen LogP contribution in [0, 0.1) is 0 Å². The van der Waals surface area contributed by atoms with Crippen LogP contribution in [-0.4, -0.2) is 45.2 Å². The molecule has 1 aliphatic heterocycles. The van der Waals surface area contributed by atoms with E-state index >= 15 is 0 Å². The molecule has 2 fully saturated rings. The summed E-state index contributed by atoms with van der Waals surface area (Å²) < 4.78 is 29.1. The van der Waals surface area contributed by atoms with E-state index < -0.39 is 9.84 Å². The van der Waals surface area contributed by atoms with Crippen LogP contribution in [-0.2, 0) is 14.6 Å². The minimum atomic E-state index is -2.90. The Balaban J connectivity index is 1.84. The molecule has 3 atom stereocenters. The summed E-state index contributed by atoms with van der Waals surface area (Å²) in [6, 6.07) is 0. The van der Waals surface area contributed by atoms with Crippen molar-refractivity contribution in [2.75, 3.05) is 19.3 Å². The van der Waals surface area contributed by atoms with Gasteiger partial charge in [-0.15, -0.1) is 0 Å². The van der Waals surface area contributed by atoms with Gasteiger partial charge < -0.3 is 10.1 Å². The van der Waals surface area contributed by atoms with Crippen molar-refractivity contribution >= 4 is 9.84 Å². The molecule has 4 nitrogen and oxygen atoms in total. The molecule has 2 aliphatic rings. The van der Waals surface area contributed by atoms with Crippen LogP contribution >= 0.6 is 0 Å². The maximum absolute atomic E-state index is 11.6. The van der Waals surface area contributed by atoms with E-state index in [0.717, 1.165) is 45.2 Å². The number of hydrogen-bond acceptors (Lipinski definition) is 4. The third kappa shape index (κ3) is 3.93. The van der Waals surface area contributed by atoms with E-state index in [1.165, 1.54) is 6.26 Å². The maximum atomic E-state index is 11.6. The molecular weight excluding hydrogens is 238 g/mol. The zero-order valence-electron chi connectivity index (χ0n) is 10.5. The zero-order chi connectivity index (χ0) is 12.3. The van der Waals surface area contributed by atoms with Gasteiger partial charge in [-0.2, -0.15) is 0 Å². The fourth-order valence-electron chi connectivity index (χ4n) is 2.82. The van der Waals surface area contributed by atoms with Crippen LogP contribution in [0.1, 0.15) is 38.5 Å². The molecule has 0 aromatic rings. The average molecular weight is 261 g/mol. The molecule has 1 aliphatic carbocycles. The summed E-state index contributed by atoms with van der Waals surface area (Å²) in [6.45, 7) is 2.00. The van der Waals surface area contributed by atoms with Crippen LogP contribution in [0.2, 0.25) is 0 Å². The molecule has 1 heterocycles. The smallest absolute Gasteiger partial charge is 0.150 e. The SMILES string of the molecule is CS(=O)(=O)C1CCCC(O[C@H]2CCCNC2)C1. The number of piperidine rings is 1. The fourth-order valence-corrected chi connectivity index (χ4v) is 3.98. The van der Waals surface area contributed by atoms with Crippen molar-refractivity contribution in [3.63, 3.8) is 0 Å². The summed E-state index contributed by atoms with van der Waals surface area (Å²) in [5, 5.41) is 3.14. The van der Waals surface area contributed by atoms with E-state index in [1.807, 2.05) is 0 Å². The van der Waals surface area contributed by atoms with Gasteiger partial charge in [-0.25, -0.2) is 8.42 Å². The second kappa shape index (κ2) is 5.67. The normalized spacial score (nSPS) is 35.7. The van der Waals surface area contributed by atoms with Gasteiger partial charge in [0.1, 0.15) is 9.84 Å². The quantitative estimate of drug-likeness (QED) is 0.827. The first-order chi connectivity index (χ1) is 8.05. The zero-order valence-corrected chi connectivity index (χ0v) is 11.3. The lowest BCUT2D eigenvalue weighted by atomic mass is 9.96. The Morgan fingerprint density at radius 3 is 2.53 bits per heavy atom. The summed E-state index contributed by atoms with van der Waals surface area (Å²) in [5.41, 5.74) is 0. The van der Waals surface area contributed by atoms with Gasteiger partial charge in [0.05, 0.1) is 17.5 Å². The lowest BCUT2D eigenvalue weighted by molar-refractivity contribution is -0.0380. The average Bonchev–Trinajstić information content (AvgIpc) is 2.29. The van der Waals surface area contributed by atoms with Crippen molar-refractivity contribution in [3.05, 3.63) is 0 Å². The third-order valence-electron chi connectivity index (χ3n) is 3.82. The standard InChI is InChI=1S/C12H23NO3S/c1-17(14,15)12-6-2-4-10(8-12)16-11-5-3-7-13-9-11/h10-13H,2-9H2,1H3/t10?,11-,12?/m0/s1. The first-order valence-electron chi connectivity index (χ1n) is 6.61. The van der Waals surface area contributed by atoms with E-state index in [4.69, 9.17) is 4.74 Å². The molecule has 2 unspecified atom stereocenters. The van der Waals surface area contributed by atoms with Gasteiger partial charge in [-0.1, -0.05) is 0 Å². The van der Waals surface area contributed by atoms with Crippen molar-refractivity contribution in [1.29, 1.82) is 0 Å². The molecule has 0 aromatic carbocycles. The lowest BCUT2D eigenvalue weighted by Crippen LogP contribution is -2.40. The summed E-state index contributed by atoms with van der Waals surface area (Å²) in [7, 11) is -2.90. The van der Waals surface area contributed by atoms with E-state index in [1.54, 1.807) is 0 Å². The summed E-state index contributed by atoms with van der Waals surface area (Å²) in [5.74, 6) is 0. The molecule has 5 heteroatoms. The van der Waals surface area contributed by atoms with Crippen LogP contribution < -0.4 is 5.32 Å². The molecule has 0 spiro atoms. The molecule has 17 heavy (non-hydrogen) atoms. The van der Waals surface area contributed by atoms with Crippen molar-refractivity contribution < 1.29 is 13.2 Å². The van der Waals surface area contributed by atoms with Crippen LogP contribution in [0.15, 0.2) is 0 Å². The Kier molecular flexibility index (Phi) is 4.44. The highest BCUT2D eigenvalue weighted by Gasteiger charge is 2.30. The van der Waals surface area contributed by atoms with Gasteiger partial charge in [0.15, 0.2) is 0 Å².